The van der Waals surface area contributed by atoms with Crippen molar-refractivity contribution in [2.75, 3.05) is 23.8 Å². The Balaban J connectivity index is 2.07. The molecule has 0 saturated heterocycles. The predicted octanol–water partition coefficient (Wildman–Crippen LogP) is 4.72. The lowest BCUT2D eigenvalue weighted by Crippen LogP contribution is -2.17. The van der Waals surface area contributed by atoms with E-state index < -0.39 is 0 Å². The quantitative estimate of drug-likeness (QED) is 0.656. The van der Waals surface area contributed by atoms with Gasteiger partial charge in [-0.3, -0.25) is 9.59 Å². The number of ether oxygens (including phenoxy) is 2. The van der Waals surface area contributed by atoms with Crippen LogP contribution in [0.3, 0.4) is 0 Å². The van der Waals surface area contributed by atoms with E-state index >= 15 is 0 Å². The third-order valence-corrected chi connectivity index (χ3v) is 3.90. The molecular formula is C22H28N2O4. The maximum Gasteiger partial charge on any atom is 0.255 e. The second kappa shape index (κ2) is 10.3. The van der Waals surface area contributed by atoms with E-state index in [4.69, 9.17) is 9.47 Å². The van der Waals surface area contributed by atoms with Gasteiger partial charge in [0.25, 0.3) is 5.91 Å². The highest BCUT2D eigenvalue weighted by Crippen LogP contribution is 2.29. The molecular weight excluding hydrogens is 356 g/mol. The van der Waals surface area contributed by atoms with Crippen molar-refractivity contribution in [2.24, 2.45) is 5.92 Å². The van der Waals surface area contributed by atoms with Gasteiger partial charge in [-0.05, 0) is 55.8 Å². The number of carbonyl (C=O) groups is 2. The molecule has 6 nitrogen and oxygen atoms in total. The Hall–Kier alpha value is -3.02. The van der Waals surface area contributed by atoms with Crippen molar-refractivity contribution in [1.82, 2.24) is 0 Å². The van der Waals surface area contributed by atoms with Gasteiger partial charge in [-0.1, -0.05) is 20.8 Å². The van der Waals surface area contributed by atoms with Crippen molar-refractivity contribution >= 4 is 23.2 Å². The fraction of sp³-hybridized carbons (Fsp3) is 0.364. The van der Waals surface area contributed by atoms with Crippen molar-refractivity contribution in [3.63, 3.8) is 0 Å². The Labute approximate surface area is 166 Å². The van der Waals surface area contributed by atoms with E-state index in [1.807, 2.05) is 27.7 Å². The molecule has 150 valence electrons. The molecule has 2 N–H and O–H groups in total. The van der Waals surface area contributed by atoms with Crippen LogP contribution in [-0.2, 0) is 4.79 Å². The van der Waals surface area contributed by atoms with E-state index in [1.165, 1.54) is 0 Å². The minimum Gasteiger partial charge on any atom is -0.490 e. The SMILES string of the molecule is CCCOc1ccc(C(=O)Nc2ccc(NC(=O)C(C)C)cc2)cc1OCC. The minimum absolute atomic E-state index is 0.0504. The lowest BCUT2D eigenvalue weighted by Gasteiger charge is -2.13. The van der Waals surface area contributed by atoms with Crippen LogP contribution in [0.25, 0.3) is 0 Å². The van der Waals surface area contributed by atoms with E-state index in [1.54, 1.807) is 42.5 Å². The molecule has 0 aliphatic heterocycles. The first-order chi connectivity index (χ1) is 13.4. The number of hydrogen-bond donors (Lipinski definition) is 2. The summed E-state index contributed by atoms with van der Waals surface area (Å²) in [6, 6.07) is 12.1. The van der Waals surface area contributed by atoms with Gasteiger partial charge in [0.15, 0.2) is 11.5 Å². The van der Waals surface area contributed by atoms with Crippen molar-refractivity contribution in [3.05, 3.63) is 48.0 Å². The topological polar surface area (TPSA) is 76.7 Å². The van der Waals surface area contributed by atoms with Crippen LogP contribution < -0.4 is 20.1 Å². The third kappa shape index (κ3) is 6.01. The molecule has 0 aliphatic rings. The van der Waals surface area contributed by atoms with Gasteiger partial charge in [-0.25, -0.2) is 0 Å². The Morgan fingerprint density at radius 1 is 0.893 bits per heavy atom. The molecule has 0 saturated carbocycles. The molecule has 0 radical (unpaired) electrons. The van der Waals surface area contributed by atoms with Crippen LogP contribution in [0.2, 0.25) is 0 Å². The van der Waals surface area contributed by atoms with Gasteiger partial charge in [0.05, 0.1) is 13.2 Å². The van der Waals surface area contributed by atoms with E-state index in [0.29, 0.717) is 41.7 Å². The summed E-state index contributed by atoms with van der Waals surface area (Å²) in [4.78, 5) is 24.3. The molecule has 0 spiro atoms. The van der Waals surface area contributed by atoms with E-state index in [0.717, 1.165) is 6.42 Å². The summed E-state index contributed by atoms with van der Waals surface area (Å²) >= 11 is 0. The Kier molecular flexibility index (Phi) is 7.87. The molecule has 0 bridgehead atoms. The molecule has 0 heterocycles. The molecule has 2 amide bonds. The first-order valence-electron chi connectivity index (χ1n) is 9.56. The van der Waals surface area contributed by atoms with Gasteiger partial charge in [0, 0.05) is 22.9 Å². The number of amides is 2. The van der Waals surface area contributed by atoms with Crippen LogP contribution in [0.5, 0.6) is 11.5 Å². The van der Waals surface area contributed by atoms with E-state index in [-0.39, 0.29) is 17.7 Å². The van der Waals surface area contributed by atoms with Crippen LogP contribution in [0.15, 0.2) is 42.5 Å². The maximum atomic E-state index is 12.6. The average Bonchev–Trinajstić information content (AvgIpc) is 2.68. The van der Waals surface area contributed by atoms with Gasteiger partial charge in [-0.2, -0.15) is 0 Å². The normalized spacial score (nSPS) is 10.5. The van der Waals surface area contributed by atoms with Crippen molar-refractivity contribution < 1.29 is 19.1 Å². The van der Waals surface area contributed by atoms with Crippen molar-refractivity contribution in [1.29, 1.82) is 0 Å². The van der Waals surface area contributed by atoms with Crippen LogP contribution >= 0.6 is 0 Å². The number of anilines is 2. The molecule has 2 aromatic carbocycles. The summed E-state index contributed by atoms with van der Waals surface area (Å²) < 4.78 is 11.3. The molecule has 0 atom stereocenters. The lowest BCUT2D eigenvalue weighted by molar-refractivity contribution is -0.118. The molecule has 2 rings (SSSR count). The fourth-order valence-corrected chi connectivity index (χ4v) is 2.38. The predicted molar refractivity (Wildman–Crippen MR) is 111 cm³/mol. The first kappa shape index (κ1) is 21.3. The van der Waals surface area contributed by atoms with Crippen LogP contribution in [0, 0.1) is 5.92 Å². The number of benzene rings is 2. The van der Waals surface area contributed by atoms with E-state index in [2.05, 4.69) is 10.6 Å². The first-order valence-corrected chi connectivity index (χ1v) is 9.56. The fourth-order valence-electron chi connectivity index (χ4n) is 2.38. The molecule has 2 aromatic rings. The zero-order valence-electron chi connectivity index (χ0n) is 16.9. The van der Waals surface area contributed by atoms with Crippen LogP contribution in [-0.4, -0.2) is 25.0 Å². The Morgan fingerprint density at radius 2 is 1.54 bits per heavy atom. The zero-order valence-corrected chi connectivity index (χ0v) is 16.9. The van der Waals surface area contributed by atoms with Crippen LogP contribution in [0.4, 0.5) is 11.4 Å². The summed E-state index contributed by atoms with van der Waals surface area (Å²) in [5, 5.41) is 5.66. The standard InChI is InChI=1S/C22H28N2O4/c1-5-13-28-19-12-7-16(14-20(19)27-6-2)22(26)24-18-10-8-17(9-11-18)23-21(25)15(3)4/h7-12,14-15H,5-6,13H2,1-4H3,(H,23,25)(H,24,26). The largest absolute Gasteiger partial charge is 0.490 e. The van der Waals surface area contributed by atoms with Gasteiger partial charge >= 0.3 is 0 Å². The highest BCUT2D eigenvalue weighted by atomic mass is 16.5. The molecule has 0 unspecified atom stereocenters. The summed E-state index contributed by atoms with van der Waals surface area (Å²) in [5.74, 6) is 0.789. The van der Waals surface area contributed by atoms with Gasteiger partial charge in [0.2, 0.25) is 5.91 Å². The monoisotopic (exact) mass is 384 g/mol. The minimum atomic E-state index is -0.248. The summed E-state index contributed by atoms with van der Waals surface area (Å²) in [7, 11) is 0. The molecule has 0 aliphatic carbocycles. The summed E-state index contributed by atoms with van der Waals surface area (Å²) in [6.07, 6.45) is 0.890. The molecule has 0 fully saturated rings. The zero-order chi connectivity index (χ0) is 20.5. The second-order valence-electron chi connectivity index (χ2n) is 6.62. The summed E-state index contributed by atoms with van der Waals surface area (Å²) in [6.45, 7) is 8.65. The number of nitrogens with one attached hydrogen (secondary N) is 2. The molecule has 0 aromatic heterocycles. The number of hydrogen-bond acceptors (Lipinski definition) is 4. The van der Waals surface area contributed by atoms with Crippen molar-refractivity contribution in [3.8, 4) is 11.5 Å². The Bertz CT molecular complexity index is 801. The lowest BCUT2D eigenvalue weighted by atomic mass is 10.1. The summed E-state index contributed by atoms with van der Waals surface area (Å²) in [5.41, 5.74) is 1.80. The van der Waals surface area contributed by atoms with Gasteiger partial charge in [0.1, 0.15) is 0 Å². The number of rotatable bonds is 9. The highest BCUT2D eigenvalue weighted by Gasteiger charge is 2.12. The molecule has 6 heteroatoms. The number of carbonyl (C=O) groups excluding carboxylic acids is 2. The second-order valence-corrected chi connectivity index (χ2v) is 6.62. The Morgan fingerprint density at radius 3 is 2.11 bits per heavy atom. The third-order valence-electron chi connectivity index (χ3n) is 3.90. The van der Waals surface area contributed by atoms with E-state index in [9.17, 15) is 9.59 Å². The van der Waals surface area contributed by atoms with Gasteiger partial charge in [-0.15, -0.1) is 0 Å². The molecule has 28 heavy (non-hydrogen) atoms. The van der Waals surface area contributed by atoms with Gasteiger partial charge < -0.3 is 20.1 Å². The maximum absolute atomic E-state index is 12.6. The average molecular weight is 384 g/mol. The van der Waals surface area contributed by atoms with Crippen LogP contribution in [0.1, 0.15) is 44.5 Å². The highest BCUT2D eigenvalue weighted by molar-refractivity contribution is 6.04. The van der Waals surface area contributed by atoms with Crippen molar-refractivity contribution in [2.45, 2.75) is 34.1 Å². The smallest absolute Gasteiger partial charge is 0.255 e.